The van der Waals surface area contributed by atoms with E-state index in [1.807, 2.05) is 24.3 Å². The molecule has 0 amide bonds. The number of nitrogens with zero attached hydrogens (tertiary/aromatic N) is 4. The van der Waals surface area contributed by atoms with Crippen LogP contribution in [0.25, 0.3) is 0 Å². The summed E-state index contributed by atoms with van der Waals surface area (Å²) in [5.41, 5.74) is 3.16. The number of rotatable bonds is 2. The number of halogens is 1. The van der Waals surface area contributed by atoms with Gasteiger partial charge in [-0.1, -0.05) is 45.3 Å². The zero-order valence-corrected chi connectivity index (χ0v) is 15.2. The molecule has 4 rings (SSSR count). The molecule has 0 saturated carbocycles. The van der Waals surface area contributed by atoms with Gasteiger partial charge in [0, 0.05) is 17.9 Å². The van der Waals surface area contributed by atoms with E-state index in [2.05, 4.69) is 22.9 Å². The molecule has 1 aromatic rings. The van der Waals surface area contributed by atoms with Crippen molar-refractivity contribution >= 4 is 43.8 Å². The number of hydrogen-bond acceptors (Lipinski definition) is 5. The fourth-order valence-electron chi connectivity index (χ4n) is 3.14. The monoisotopic (exact) mass is 364 g/mol. The molecule has 1 aromatic carbocycles. The summed E-state index contributed by atoms with van der Waals surface area (Å²) in [6, 6.07) is 7.84. The largest absolute Gasteiger partial charge is 0.318 e. The van der Waals surface area contributed by atoms with Crippen LogP contribution >= 0.6 is 11.6 Å². The van der Waals surface area contributed by atoms with Crippen molar-refractivity contribution < 1.29 is 0 Å². The second-order valence-electron chi connectivity index (χ2n) is 5.68. The molecule has 4 nitrogen and oxygen atoms in total. The molecule has 0 bridgehead atoms. The van der Waals surface area contributed by atoms with Crippen molar-refractivity contribution in [2.24, 2.45) is 10.1 Å². The Balaban J connectivity index is 1.84. The minimum absolute atomic E-state index is 0.102. The highest BCUT2D eigenvalue weighted by molar-refractivity contribution is 8.29. The summed E-state index contributed by atoms with van der Waals surface area (Å²) < 4.78 is 0. The van der Waals surface area contributed by atoms with Gasteiger partial charge < -0.3 is 4.90 Å². The van der Waals surface area contributed by atoms with Crippen LogP contribution in [0, 0.1) is 0 Å². The fraction of sp³-hybridized carbons (Fsp3) is 0.375. The molecule has 3 aliphatic heterocycles. The van der Waals surface area contributed by atoms with E-state index in [1.54, 1.807) is 0 Å². The molecule has 120 valence electrons. The summed E-state index contributed by atoms with van der Waals surface area (Å²) in [5.74, 6) is 1.89. The highest BCUT2D eigenvalue weighted by atomic mass is 35.5. The topological polar surface area (TPSA) is 31.2 Å². The van der Waals surface area contributed by atoms with Gasteiger partial charge in [0.1, 0.15) is 17.8 Å². The lowest BCUT2D eigenvalue weighted by atomic mass is 10.1. The zero-order chi connectivity index (χ0) is 16.0. The van der Waals surface area contributed by atoms with Gasteiger partial charge in [-0.2, -0.15) is 5.10 Å². The SMILES string of the molecule is CCN1CN2C(=N1)C(c1ccccc1Cl)=NCC1=CCS(=S)C12. The number of hydrogen-bond donors (Lipinski definition) is 0. The van der Waals surface area contributed by atoms with Crippen LogP contribution in [0.4, 0.5) is 0 Å². The molecule has 0 N–H and O–H groups in total. The van der Waals surface area contributed by atoms with E-state index in [-0.39, 0.29) is 14.8 Å². The Hall–Kier alpha value is -1.24. The molecule has 0 fully saturated rings. The van der Waals surface area contributed by atoms with Crippen molar-refractivity contribution in [2.75, 3.05) is 25.5 Å². The van der Waals surface area contributed by atoms with Gasteiger partial charge in [0.2, 0.25) is 0 Å². The number of hydrazone groups is 1. The second kappa shape index (κ2) is 6.00. The Morgan fingerprint density at radius 3 is 3.00 bits per heavy atom. The van der Waals surface area contributed by atoms with E-state index in [0.29, 0.717) is 11.6 Å². The van der Waals surface area contributed by atoms with Gasteiger partial charge >= 0.3 is 0 Å². The summed E-state index contributed by atoms with van der Waals surface area (Å²) in [4.78, 5) is 7.19. The van der Waals surface area contributed by atoms with Crippen LogP contribution in [0.3, 0.4) is 0 Å². The molecule has 0 aliphatic carbocycles. The Labute approximate surface area is 148 Å². The Bertz CT molecular complexity index is 771. The molecular weight excluding hydrogens is 348 g/mol. The average molecular weight is 365 g/mol. The van der Waals surface area contributed by atoms with E-state index in [9.17, 15) is 0 Å². The lowest BCUT2D eigenvalue weighted by Gasteiger charge is -2.28. The molecule has 0 spiro atoms. The van der Waals surface area contributed by atoms with Crippen LogP contribution in [0.2, 0.25) is 5.02 Å². The van der Waals surface area contributed by atoms with Crippen molar-refractivity contribution in [2.45, 2.75) is 12.3 Å². The Kier molecular flexibility index (Phi) is 3.99. The molecule has 0 aromatic heterocycles. The third-order valence-corrected chi connectivity index (χ3v) is 7.14. The molecule has 23 heavy (non-hydrogen) atoms. The first-order valence-corrected chi connectivity index (χ1v) is 10.4. The molecule has 7 heteroatoms. The third-order valence-electron chi connectivity index (χ3n) is 4.31. The minimum atomic E-state index is -0.102. The smallest absolute Gasteiger partial charge is 0.177 e. The van der Waals surface area contributed by atoms with E-state index in [1.165, 1.54) is 5.57 Å². The van der Waals surface area contributed by atoms with Crippen molar-refractivity contribution in [3.05, 3.63) is 46.5 Å². The third kappa shape index (κ3) is 2.53. The summed E-state index contributed by atoms with van der Waals surface area (Å²) >= 11 is 12.1. The van der Waals surface area contributed by atoms with Gasteiger partial charge in [0.05, 0.1) is 11.6 Å². The van der Waals surface area contributed by atoms with Crippen molar-refractivity contribution in [3.8, 4) is 0 Å². The first-order valence-electron chi connectivity index (χ1n) is 7.65. The van der Waals surface area contributed by atoms with E-state index < -0.39 is 0 Å². The predicted octanol–water partition coefficient (Wildman–Crippen LogP) is 2.40. The van der Waals surface area contributed by atoms with Gasteiger partial charge in [-0.15, -0.1) is 0 Å². The average Bonchev–Trinajstić information content (AvgIpc) is 3.09. The van der Waals surface area contributed by atoms with Crippen LogP contribution in [0.5, 0.6) is 0 Å². The number of fused-ring (bicyclic) bond motifs is 3. The van der Waals surface area contributed by atoms with Gasteiger partial charge in [0.15, 0.2) is 5.84 Å². The van der Waals surface area contributed by atoms with Crippen LogP contribution in [-0.4, -0.2) is 52.3 Å². The van der Waals surface area contributed by atoms with Crippen LogP contribution in [-0.2, 0) is 20.6 Å². The molecule has 0 saturated heterocycles. The van der Waals surface area contributed by atoms with Crippen molar-refractivity contribution in [1.29, 1.82) is 0 Å². The Morgan fingerprint density at radius 2 is 2.22 bits per heavy atom. The van der Waals surface area contributed by atoms with Crippen molar-refractivity contribution in [3.63, 3.8) is 0 Å². The van der Waals surface area contributed by atoms with Gasteiger partial charge in [-0.25, -0.2) is 0 Å². The molecule has 2 atom stereocenters. The summed E-state index contributed by atoms with van der Waals surface area (Å²) in [6.07, 6.45) is 2.27. The lowest BCUT2D eigenvalue weighted by Crippen LogP contribution is -2.43. The maximum Gasteiger partial charge on any atom is 0.177 e. The zero-order valence-electron chi connectivity index (χ0n) is 12.8. The van der Waals surface area contributed by atoms with Crippen LogP contribution in [0.1, 0.15) is 12.5 Å². The first kappa shape index (κ1) is 15.3. The standard InChI is InChI=1S/C16H17ClN4S2/c1-2-20-10-21-15(19-20)14(12-5-3-4-6-13(12)17)18-9-11-7-8-23(22)16(11)21/h3-7,16H,2,8-10H2,1H3. The molecular formula is C16H17ClN4S2. The molecule has 0 radical (unpaired) electrons. The fourth-order valence-corrected chi connectivity index (χ4v) is 5.77. The Morgan fingerprint density at radius 1 is 1.39 bits per heavy atom. The van der Waals surface area contributed by atoms with E-state index >= 15 is 0 Å². The van der Waals surface area contributed by atoms with Gasteiger partial charge in [0.25, 0.3) is 0 Å². The highest BCUT2D eigenvalue weighted by Gasteiger charge is 2.39. The van der Waals surface area contributed by atoms with Crippen molar-refractivity contribution in [1.82, 2.24) is 9.91 Å². The molecule has 2 unspecified atom stereocenters. The molecule has 3 heterocycles. The first-order chi connectivity index (χ1) is 11.2. The predicted molar refractivity (Wildman–Crippen MR) is 101 cm³/mol. The van der Waals surface area contributed by atoms with Crippen LogP contribution < -0.4 is 0 Å². The summed E-state index contributed by atoms with van der Waals surface area (Å²) in [5, 5.41) is 7.83. The number of benzene rings is 1. The minimum Gasteiger partial charge on any atom is -0.318 e. The summed E-state index contributed by atoms with van der Waals surface area (Å²) in [7, 11) is -0.102. The maximum absolute atomic E-state index is 6.42. The van der Waals surface area contributed by atoms with Gasteiger partial charge in [-0.3, -0.25) is 10.0 Å². The number of aliphatic imine (C=N–C) groups is 1. The highest BCUT2D eigenvalue weighted by Crippen LogP contribution is 2.30. The lowest BCUT2D eigenvalue weighted by molar-refractivity contribution is 0.245. The van der Waals surface area contributed by atoms with Gasteiger partial charge in [-0.05, 0) is 29.8 Å². The van der Waals surface area contributed by atoms with E-state index in [0.717, 1.165) is 36.1 Å². The quantitative estimate of drug-likeness (QED) is 0.755. The molecule has 3 aliphatic rings. The van der Waals surface area contributed by atoms with Crippen LogP contribution in [0.15, 0.2) is 46.0 Å². The normalized spacial score (nSPS) is 26.3. The van der Waals surface area contributed by atoms with E-state index in [4.69, 9.17) is 32.9 Å². The number of amidine groups is 1. The maximum atomic E-state index is 6.42. The second-order valence-corrected chi connectivity index (χ2v) is 8.91. The summed E-state index contributed by atoms with van der Waals surface area (Å²) in [6.45, 7) is 4.44.